The number of fused-ring (bicyclic) bond motifs is 2. The fourth-order valence-corrected chi connectivity index (χ4v) is 8.63. The van der Waals surface area contributed by atoms with E-state index in [4.69, 9.17) is 22.8 Å². The molecule has 0 aliphatic heterocycles. The highest BCUT2D eigenvalue weighted by molar-refractivity contribution is 7.27. The Kier molecular flexibility index (Phi) is 12.0. The topological polar surface area (TPSA) is 46.2 Å². The lowest BCUT2D eigenvalue weighted by Crippen LogP contribution is -2.24. The molecule has 0 heterocycles. The molecule has 5 nitrogen and oxygen atoms in total. The van der Waals surface area contributed by atoms with Gasteiger partial charge in [-0.1, -0.05) is 141 Å². The van der Waals surface area contributed by atoms with Crippen molar-refractivity contribution >= 4 is 39.6 Å². The predicted molar refractivity (Wildman–Crippen MR) is 245 cm³/mol. The molecule has 300 valence electrons. The van der Waals surface area contributed by atoms with Crippen molar-refractivity contribution in [3.63, 3.8) is 0 Å². The molecular weight excluding hydrogens is 742 g/mol. The maximum absolute atomic E-state index is 7.03. The lowest BCUT2D eigenvalue weighted by Gasteiger charge is -2.34. The quantitative estimate of drug-likeness (QED) is 0.129. The lowest BCUT2D eigenvalue weighted by molar-refractivity contribution is 0.129. The van der Waals surface area contributed by atoms with E-state index >= 15 is 0 Å². The first-order valence-electron chi connectivity index (χ1n) is 19.8. The summed E-state index contributed by atoms with van der Waals surface area (Å²) in [5.74, 6) is 3.93. The van der Waals surface area contributed by atoms with Crippen LogP contribution in [0.15, 0.2) is 97.1 Å². The van der Waals surface area contributed by atoms with Gasteiger partial charge in [0.2, 0.25) is 0 Å². The van der Waals surface area contributed by atoms with Gasteiger partial charge in [0.25, 0.3) is 18.1 Å². The summed E-state index contributed by atoms with van der Waals surface area (Å²) in [6, 6.07) is 33.3. The van der Waals surface area contributed by atoms with Gasteiger partial charge >= 0.3 is 0 Å². The van der Waals surface area contributed by atoms with Crippen molar-refractivity contribution < 1.29 is 22.8 Å². The zero-order valence-electron chi connectivity index (χ0n) is 36.3. The summed E-state index contributed by atoms with van der Waals surface area (Å²) in [5.41, 5.74) is 6.18. The maximum atomic E-state index is 7.03. The van der Waals surface area contributed by atoms with E-state index in [0.29, 0.717) is 0 Å². The van der Waals surface area contributed by atoms with E-state index in [0.717, 1.165) is 83.7 Å². The Bertz CT molecular complexity index is 2390. The van der Waals surface area contributed by atoms with Crippen LogP contribution in [-0.2, 0) is 16.2 Å². The Labute approximate surface area is 344 Å². The van der Waals surface area contributed by atoms with Crippen molar-refractivity contribution in [2.24, 2.45) is 0 Å². The standard InChI is InChI=1S/C50H60O5P2/c1-31-37(47(3,4)5)29-38(48(6,7)8)45(54-56-52-40-27-19-23-33-21-15-17-25-35(33)40)43(31)44-32(2)42(51-50(12,13)14)30-39(49(9,10)11)46(44)55-57-53-41-28-20-24-34-22-16-18-26-36(34)41/h15-30,56-57H,1-14H3. The highest BCUT2D eigenvalue weighted by Gasteiger charge is 2.35. The normalized spacial score (nSPS) is 12.9. The zero-order chi connectivity index (χ0) is 41.5. The SMILES string of the molecule is Cc1c(OC(C)(C)C)cc(C(C)(C)C)c(OPOc2cccc3ccccc23)c1-c1c(C)c(C(C)(C)C)cc(C(C)(C)C)c1OPOc1cccc2ccccc12. The minimum Gasteiger partial charge on any atom is -0.488 e. The molecule has 2 unspecified atom stereocenters. The first-order valence-corrected chi connectivity index (χ1v) is 21.5. The summed E-state index contributed by atoms with van der Waals surface area (Å²) < 4.78 is 33.9. The van der Waals surface area contributed by atoms with Gasteiger partial charge in [-0.3, -0.25) is 0 Å². The third kappa shape index (κ3) is 9.38. The average Bonchev–Trinajstić information content (AvgIpc) is 3.11. The van der Waals surface area contributed by atoms with Crippen LogP contribution in [0.25, 0.3) is 32.7 Å². The molecule has 0 spiro atoms. The molecule has 0 radical (unpaired) electrons. The van der Waals surface area contributed by atoms with E-state index in [-0.39, 0.29) is 34.3 Å². The van der Waals surface area contributed by atoms with E-state index in [1.54, 1.807) is 0 Å². The largest absolute Gasteiger partial charge is 0.488 e. The van der Waals surface area contributed by atoms with Crippen molar-refractivity contribution in [3.8, 4) is 39.9 Å². The Hall–Kier alpha value is -4.30. The third-order valence-electron chi connectivity index (χ3n) is 10.2. The molecule has 0 aliphatic rings. The molecule has 7 heteroatoms. The summed E-state index contributed by atoms with van der Waals surface area (Å²) in [5, 5.41) is 4.33. The highest BCUT2D eigenvalue weighted by atomic mass is 31.1. The molecule has 0 saturated heterocycles. The second-order valence-corrected chi connectivity index (χ2v) is 20.2. The fraction of sp³-hybridized carbons (Fsp3) is 0.360. The van der Waals surface area contributed by atoms with Crippen molar-refractivity contribution in [2.75, 3.05) is 0 Å². The first-order chi connectivity index (χ1) is 26.6. The summed E-state index contributed by atoms with van der Waals surface area (Å²) in [4.78, 5) is 0. The van der Waals surface area contributed by atoms with Crippen molar-refractivity contribution in [1.82, 2.24) is 0 Å². The second-order valence-electron chi connectivity index (χ2n) is 19.0. The lowest BCUT2D eigenvalue weighted by atomic mass is 9.74. The van der Waals surface area contributed by atoms with E-state index in [1.165, 1.54) is 5.56 Å². The monoisotopic (exact) mass is 802 g/mol. The van der Waals surface area contributed by atoms with Gasteiger partial charge in [-0.05, 0) is 91.0 Å². The number of hydrogen-bond donors (Lipinski definition) is 0. The van der Waals surface area contributed by atoms with Crippen LogP contribution in [0.2, 0.25) is 0 Å². The number of rotatable bonds is 10. The molecule has 0 aromatic heterocycles. The second kappa shape index (κ2) is 16.2. The van der Waals surface area contributed by atoms with Crippen LogP contribution in [0.4, 0.5) is 0 Å². The fourth-order valence-electron chi connectivity index (χ4n) is 7.42. The molecular formula is C50H60O5P2. The summed E-state index contributed by atoms with van der Waals surface area (Å²) >= 11 is 0. The molecule has 0 N–H and O–H groups in total. The van der Waals surface area contributed by atoms with Crippen LogP contribution in [-0.4, -0.2) is 5.60 Å². The van der Waals surface area contributed by atoms with Crippen molar-refractivity contribution in [1.29, 1.82) is 0 Å². The van der Waals surface area contributed by atoms with Gasteiger partial charge in [-0.2, -0.15) is 0 Å². The van der Waals surface area contributed by atoms with Crippen LogP contribution in [0.3, 0.4) is 0 Å². The summed E-state index contributed by atoms with van der Waals surface area (Å²) in [6.07, 6.45) is 0. The van der Waals surface area contributed by atoms with Gasteiger partial charge in [0.15, 0.2) is 0 Å². The Morgan fingerprint density at radius 1 is 0.404 bits per heavy atom. The van der Waals surface area contributed by atoms with Crippen LogP contribution >= 0.6 is 18.1 Å². The van der Waals surface area contributed by atoms with Gasteiger partial charge in [0.1, 0.15) is 34.3 Å². The minimum absolute atomic E-state index is 0.167. The average molecular weight is 803 g/mol. The van der Waals surface area contributed by atoms with Crippen LogP contribution < -0.4 is 22.8 Å². The molecule has 6 aromatic rings. The van der Waals surface area contributed by atoms with Gasteiger partial charge in [-0.15, -0.1) is 0 Å². The molecule has 2 atom stereocenters. The van der Waals surface area contributed by atoms with E-state index in [1.807, 2.05) is 48.5 Å². The van der Waals surface area contributed by atoms with Gasteiger partial charge in [-0.25, -0.2) is 0 Å². The molecule has 0 amide bonds. The third-order valence-corrected chi connectivity index (χ3v) is 11.4. The maximum Gasteiger partial charge on any atom is 0.275 e. The Morgan fingerprint density at radius 2 is 0.807 bits per heavy atom. The van der Waals surface area contributed by atoms with E-state index in [2.05, 4.69) is 145 Å². The predicted octanol–water partition coefficient (Wildman–Crippen LogP) is 15.3. The van der Waals surface area contributed by atoms with Gasteiger partial charge < -0.3 is 22.8 Å². The molecule has 6 rings (SSSR count). The highest BCUT2D eigenvalue weighted by Crippen LogP contribution is 2.55. The summed E-state index contributed by atoms with van der Waals surface area (Å²) in [7, 11) is -0.623. The number of benzene rings is 6. The molecule has 57 heavy (non-hydrogen) atoms. The first kappa shape index (κ1) is 42.3. The van der Waals surface area contributed by atoms with Crippen LogP contribution in [0.5, 0.6) is 28.7 Å². The smallest absolute Gasteiger partial charge is 0.275 e. The van der Waals surface area contributed by atoms with Crippen molar-refractivity contribution in [2.45, 2.75) is 119 Å². The summed E-state index contributed by atoms with van der Waals surface area (Å²) in [6.45, 7) is 30.9. The molecule has 0 aliphatic carbocycles. The van der Waals surface area contributed by atoms with E-state index in [9.17, 15) is 0 Å². The van der Waals surface area contributed by atoms with Crippen molar-refractivity contribution in [3.05, 3.63) is 125 Å². The van der Waals surface area contributed by atoms with E-state index < -0.39 is 5.60 Å². The molecule has 0 saturated carbocycles. The minimum atomic E-state index is -0.440. The van der Waals surface area contributed by atoms with Crippen LogP contribution in [0.1, 0.15) is 111 Å². The molecule has 0 bridgehead atoms. The van der Waals surface area contributed by atoms with Gasteiger partial charge in [0, 0.05) is 38.6 Å². The zero-order valence-corrected chi connectivity index (χ0v) is 38.3. The number of ether oxygens (including phenoxy) is 1. The molecule has 6 aromatic carbocycles. The Balaban J connectivity index is 1.60. The van der Waals surface area contributed by atoms with Gasteiger partial charge in [0.05, 0.1) is 0 Å². The number of hydrogen-bond acceptors (Lipinski definition) is 5. The van der Waals surface area contributed by atoms with Crippen LogP contribution in [0, 0.1) is 13.8 Å². The molecule has 0 fully saturated rings. The Morgan fingerprint density at radius 3 is 1.25 bits per heavy atom.